The molecule has 0 saturated carbocycles. The summed E-state index contributed by atoms with van der Waals surface area (Å²) in [6.45, 7) is 10.6. The van der Waals surface area contributed by atoms with Gasteiger partial charge in [-0.15, -0.1) is 0 Å². The molecule has 4 atom stereocenters. The van der Waals surface area contributed by atoms with Crippen LogP contribution in [0.3, 0.4) is 0 Å². The van der Waals surface area contributed by atoms with Gasteiger partial charge in [-0.25, -0.2) is 0 Å². The first kappa shape index (κ1) is 29.0. The third-order valence-electron chi connectivity index (χ3n) is 8.39. The predicted octanol–water partition coefficient (Wildman–Crippen LogP) is 5.05. The Morgan fingerprint density at radius 3 is 1.97 bits per heavy atom. The molecule has 2 aliphatic rings. The van der Waals surface area contributed by atoms with Crippen molar-refractivity contribution in [1.82, 2.24) is 0 Å². The standard InChI is InChI=1S/C29H40O9Si/c1-29(2,3)39(8,9)38-26-18-13-21-20(36-15-37-21)12-17(18)24(25(19(26)14-30)28(31)35-7)16-10-22(32-4)27(34-6)23(11-16)33-5/h10-13,19,24-26,30H,14-15H2,1-9H3/t19-,24+,25+,26-/m0/s1. The van der Waals surface area contributed by atoms with E-state index in [0.29, 0.717) is 28.7 Å². The number of esters is 1. The summed E-state index contributed by atoms with van der Waals surface area (Å²) in [6.07, 6.45) is -0.567. The van der Waals surface area contributed by atoms with Crippen molar-refractivity contribution in [3.8, 4) is 28.7 Å². The van der Waals surface area contributed by atoms with Crippen molar-refractivity contribution in [3.05, 3.63) is 41.0 Å². The third kappa shape index (κ3) is 5.05. The van der Waals surface area contributed by atoms with Gasteiger partial charge < -0.3 is 38.0 Å². The molecule has 39 heavy (non-hydrogen) atoms. The molecule has 1 aliphatic heterocycles. The fraction of sp³-hybridized carbons (Fsp3) is 0.552. The lowest BCUT2D eigenvalue weighted by Crippen LogP contribution is -2.48. The van der Waals surface area contributed by atoms with Crippen LogP contribution in [0.2, 0.25) is 18.1 Å². The Balaban J connectivity index is 2.02. The number of rotatable bonds is 8. The Kier molecular flexibility index (Phi) is 8.12. The lowest BCUT2D eigenvalue weighted by atomic mass is 9.65. The lowest BCUT2D eigenvalue weighted by molar-refractivity contribution is -0.151. The second kappa shape index (κ2) is 10.9. The van der Waals surface area contributed by atoms with E-state index in [1.165, 1.54) is 7.11 Å². The lowest BCUT2D eigenvalue weighted by Gasteiger charge is -2.47. The van der Waals surface area contributed by atoms with Crippen LogP contribution in [-0.2, 0) is 14.0 Å². The topological polar surface area (TPSA) is 102 Å². The highest BCUT2D eigenvalue weighted by atomic mass is 28.4. The second-order valence-electron chi connectivity index (χ2n) is 11.5. The average Bonchev–Trinajstić information content (AvgIpc) is 3.37. The van der Waals surface area contributed by atoms with E-state index in [0.717, 1.165) is 16.7 Å². The molecular weight excluding hydrogens is 520 g/mol. The number of ether oxygens (including phenoxy) is 6. The van der Waals surface area contributed by atoms with Gasteiger partial charge in [0.2, 0.25) is 12.5 Å². The molecule has 10 heteroatoms. The SMILES string of the molecule is COC(=O)[C@H]1[C@H](c2cc(OC)c(OC)c(OC)c2)c2cc3c(cc2[C@H](O[Si](C)(C)C(C)(C)C)[C@H]1CO)OCO3. The first-order valence-electron chi connectivity index (χ1n) is 13.0. The summed E-state index contributed by atoms with van der Waals surface area (Å²) in [4.78, 5) is 13.6. The van der Waals surface area contributed by atoms with Crippen LogP contribution in [0.1, 0.15) is 49.5 Å². The molecule has 0 saturated heterocycles. The van der Waals surface area contributed by atoms with E-state index >= 15 is 0 Å². The minimum atomic E-state index is -2.35. The maximum atomic E-state index is 13.6. The Morgan fingerprint density at radius 1 is 0.949 bits per heavy atom. The van der Waals surface area contributed by atoms with E-state index in [1.807, 2.05) is 24.3 Å². The number of carbonyl (C=O) groups excluding carboxylic acids is 1. The van der Waals surface area contributed by atoms with Gasteiger partial charge in [0.25, 0.3) is 0 Å². The summed E-state index contributed by atoms with van der Waals surface area (Å²) in [6, 6.07) is 7.51. The molecule has 1 N–H and O–H groups in total. The van der Waals surface area contributed by atoms with E-state index in [4.69, 9.17) is 32.8 Å². The van der Waals surface area contributed by atoms with Gasteiger partial charge >= 0.3 is 5.97 Å². The summed E-state index contributed by atoms with van der Waals surface area (Å²) >= 11 is 0. The molecule has 0 radical (unpaired) electrons. The van der Waals surface area contributed by atoms with Crippen LogP contribution in [0.15, 0.2) is 24.3 Å². The van der Waals surface area contributed by atoms with Gasteiger partial charge in [0.1, 0.15) is 0 Å². The van der Waals surface area contributed by atoms with Crippen molar-refractivity contribution < 1.29 is 42.7 Å². The second-order valence-corrected chi connectivity index (χ2v) is 16.2. The van der Waals surface area contributed by atoms with Crippen molar-refractivity contribution in [2.45, 2.75) is 50.9 Å². The maximum absolute atomic E-state index is 13.6. The molecule has 1 heterocycles. The van der Waals surface area contributed by atoms with Crippen molar-refractivity contribution >= 4 is 14.3 Å². The number of hydrogen-bond acceptors (Lipinski definition) is 9. The number of methoxy groups -OCH3 is 4. The van der Waals surface area contributed by atoms with Crippen LogP contribution in [0.4, 0.5) is 0 Å². The van der Waals surface area contributed by atoms with Crippen LogP contribution in [0.5, 0.6) is 28.7 Å². The monoisotopic (exact) mass is 560 g/mol. The summed E-state index contributed by atoms with van der Waals surface area (Å²) in [5.41, 5.74) is 2.42. The van der Waals surface area contributed by atoms with Gasteiger partial charge in [-0.2, -0.15) is 0 Å². The zero-order chi connectivity index (χ0) is 28.7. The zero-order valence-electron chi connectivity index (χ0n) is 24.2. The summed E-state index contributed by atoms with van der Waals surface area (Å²) in [5.74, 6) is 0.201. The summed E-state index contributed by atoms with van der Waals surface area (Å²) in [7, 11) is 3.64. The Bertz CT molecular complexity index is 1190. The molecule has 2 aromatic carbocycles. The molecule has 0 bridgehead atoms. The van der Waals surface area contributed by atoms with Gasteiger partial charge in [0, 0.05) is 18.4 Å². The first-order valence-corrected chi connectivity index (χ1v) is 15.9. The van der Waals surface area contributed by atoms with Gasteiger partial charge in [0.15, 0.2) is 31.3 Å². The maximum Gasteiger partial charge on any atom is 0.310 e. The van der Waals surface area contributed by atoms with E-state index < -0.39 is 38.1 Å². The fourth-order valence-electron chi connectivity index (χ4n) is 5.32. The smallest absolute Gasteiger partial charge is 0.310 e. The highest BCUT2D eigenvalue weighted by molar-refractivity contribution is 6.74. The molecule has 0 aromatic heterocycles. The highest BCUT2D eigenvalue weighted by Gasteiger charge is 2.52. The van der Waals surface area contributed by atoms with Crippen molar-refractivity contribution in [2.24, 2.45) is 11.8 Å². The van der Waals surface area contributed by atoms with Gasteiger partial charge in [-0.1, -0.05) is 20.8 Å². The highest BCUT2D eigenvalue weighted by Crippen LogP contribution is 2.56. The number of fused-ring (bicyclic) bond motifs is 2. The Hall–Kier alpha value is -2.95. The number of benzene rings is 2. The van der Waals surface area contributed by atoms with Crippen LogP contribution >= 0.6 is 0 Å². The molecule has 0 amide bonds. The van der Waals surface area contributed by atoms with E-state index in [2.05, 4.69) is 33.9 Å². The number of aliphatic hydroxyl groups excluding tert-OH is 1. The fourth-order valence-corrected chi connectivity index (χ4v) is 6.61. The first-order chi connectivity index (χ1) is 18.4. The number of aliphatic hydroxyl groups is 1. The van der Waals surface area contributed by atoms with Gasteiger partial charge in [-0.3, -0.25) is 4.79 Å². The van der Waals surface area contributed by atoms with E-state index in [-0.39, 0.29) is 18.4 Å². The zero-order valence-corrected chi connectivity index (χ0v) is 25.2. The quantitative estimate of drug-likeness (QED) is 0.351. The summed E-state index contributed by atoms with van der Waals surface area (Å²) < 4.78 is 40.6. The van der Waals surface area contributed by atoms with E-state index in [9.17, 15) is 9.90 Å². The minimum absolute atomic E-state index is 0.0994. The largest absolute Gasteiger partial charge is 0.493 e. The molecule has 4 rings (SSSR count). The van der Waals surface area contributed by atoms with Crippen LogP contribution in [0, 0.1) is 11.8 Å². The van der Waals surface area contributed by atoms with Crippen LogP contribution in [0.25, 0.3) is 0 Å². The molecule has 1 aliphatic carbocycles. The van der Waals surface area contributed by atoms with Crippen molar-refractivity contribution in [2.75, 3.05) is 41.8 Å². The van der Waals surface area contributed by atoms with E-state index in [1.54, 1.807) is 21.3 Å². The molecule has 0 fully saturated rings. The predicted molar refractivity (Wildman–Crippen MR) is 148 cm³/mol. The minimum Gasteiger partial charge on any atom is -0.493 e. The molecule has 2 aromatic rings. The normalized spacial score (nSPS) is 22.2. The molecule has 9 nitrogen and oxygen atoms in total. The number of carbonyl (C=O) groups is 1. The van der Waals surface area contributed by atoms with Gasteiger partial charge in [-0.05, 0) is 59.1 Å². The average molecular weight is 561 g/mol. The molecule has 0 spiro atoms. The summed E-state index contributed by atoms with van der Waals surface area (Å²) in [5, 5.41) is 10.7. The van der Waals surface area contributed by atoms with Crippen molar-refractivity contribution in [3.63, 3.8) is 0 Å². The Morgan fingerprint density at radius 2 is 1.51 bits per heavy atom. The van der Waals surface area contributed by atoms with Crippen molar-refractivity contribution in [1.29, 1.82) is 0 Å². The molecule has 214 valence electrons. The van der Waals surface area contributed by atoms with Gasteiger partial charge in [0.05, 0.1) is 40.5 Å². The third-order valence-corrected chi connectivity index (χ3v) is 12.8. The van der Waals surface area contributed by atoms with Crippen LogP contribution in [-0.4, -0.2) is 61.2 Å². The Labute approximate surface area is 231 Å². The molecule has 0 unspecified atom stereocenters. The molecular formula is C29H40O9Si. The number of hydrogen-bond donors (Lipinski definition) is 1. The van der Waals surface area contributed by atoms with Crippen LogP contribution < -0.4 is 23.7 Å².